The molecule has 124 valence electrons. The van der Waals surface area contributed by atoms with E-state index in [1.165, 1.54) is 15.9 Å². The number of alkyl halides is 1. The van der Waals surface area contributed by atoms with Crippen LogP contribution in [0.25, 0.3) is 10.2 Å². The summed E-state index contributed by atoms with van der Waals surface area (Å²) in [6.45, 7) is 4.23. The Labute approximate surface area is 157 Å². The van der Waals surface area contributed by atoms with Crippen LogP contribution in [0.2, 0.25) is 5.28 Å². The first kappa shape index (κ1) is 18.7. The van der Waals surface area contributed by atoms with Crippen molar-refractivity contribution in [2.24, 2.45) is 0 Å². The van der Waals surface area contributed by atoms with Gasteiger partial charge in [-0.15, -0.1) is 11.3 Å². The number of halogens is 2. The van der Waals surface area contributed by atoms with Crippen molar-refractivity contribution in [2.75, 3.05) is 0 Å². The van der Waals surface area contributed by atoms with Crippen LogP contribution in [0.5, 0.6) is 0 Å². The number of nitrogens with zero attached hydrogens (tertiary/aromatic N) is 3. The van der Waals surface area contributed by atoms with Crippen LogP contribution in [0.15, 0.2) is 34.4 Å². The zero-order valence-electron chi connectivity index (χ0n) is 13.2. The monoisotopic (exact) mass is 423 g/mol. The molecule has 0 aliphatic carbocycles. The maximum atomic E-state index is 12.6. The molecule has 0 fully saturated rings. The lowest BCUT2D eigenvalue weighted by Crippen LogP contribution is -2.22. The van der Waals surface area contributed by atoms with E-state index in [2.05, 4.69) is 27.0 Å². The van der Waals surface area contributed by atoms with E-state index in [1.807, 2.05) is 31.4 Å². The van der Waals surface area contributed by atoms with Gasteiger partial charge in [-0.1, -0.05) is 48.0 Å². The lowest BCUT2D eigenvalue weighted by Gasteiger charge is -2.09. The fraction of sp³-hybridized carbons (Fsp3) is 0.235. The van der Waals surface area contributed by atoms with E-state index >= 15 is 0 Å². The standard InChI is InChI=1S/C15H9BrClN3OS.C2H6/c16-5-11-8-22-13-12(11)19-15(17)20(14(13)21)7-10-4-2-1-3-9(10)6-18;1-2/h1-4,8H,5,7H2;1-2H3. The van der Waals surface area contributed by atoms with Crippen LogP contribution in [0.4, 0.5) is 0 Å². The van der Waals surface area contributed by atoms with Crippen molar-refractivity contribution in [2.45, 2.75) is 25.7 Å². The lowest BCUT2D eigenvalue weighted by molar-refractivity contribution is 0.749. The fourth-order valence-electron chi connectivity index (χ4n) is 2.19. The fourth-order valence-corrected chi connectivity index (χ4v) is 4.01. The molecule has 0 atom stereocenters. The molecule has 0 N–H and O–H groups in total. The van der Waals surface area contributed by atoms with Gasteiger partial charge in [-0.2, -0.15) is 5.26 Å². The van der Waals surface area contributed by atoms with Gasteiger partial charge in [0, 0.05) is 10.9 Å². The summed E-state index contributed by atoms with van der Waals surface area (Å²) in [6.07, 6.45) is 0. The van der Waals surface area contributed by atoms with Crippen LogP contribution in [0.3, 0.4) is 0 Å². The van der Waals surface area contributed by atoms with Gasteiger partial charge < -0.3 is 0 Å². The van der Waals surface area contributed by atoms with Gasteiger partial charge in [0.2, 0.25) is 5.28 Å². The van der Waals surface area contributed by atoms with Gasteiger partial charge in [0.25, 0.3) is 5.56 Å². The van der Waals surface area contributed by atoms with E-state index in [9.17, 15) is 4.79 Å². The summed E-state index contributed by atoms with van der Waals surface area (Å²) in [5.74, 6) is 0. The zero-order valence-corrected chi connectivity index (χ0v) is 16.4. The number of benzene rings is 1. The van der Waals surface area contributed by atoms with Gasteiger partial charge >= 0.3 is 0 Å². The van der Waals surface area contributed by atoms with Crippen LogP contribution < -0.4 is 5.56 Å². The molecule has 4 nitrogen and oxygen atoms in total. The van der Waals surface area contributed by atoms with Crippen molar-refractivity contribution in [3.8, 4) is 6.07 Å². The molecule has 2 aromatic heterocycles. The van der Waals surface area contributed by atoms with Crippen molar-refractivity contribution in [1.29, 1.82) is 5.26 Å². The van der Waals surface area contributed by atoms with Crippen LogP contribution in [-0.2, 0) is 11.9 Å². The molecular formula is C17H15BrClN3OS. The highest BCUT2D eigenvalue weighted by Crippen LogP contribution is 2.25. The summed E-state index contributed by atoms with van der Waals surface area (Å²) in [7, 11) is 0. The second-order valence-electron chi connectivity index (χ2n) is 4.61. The minimum Gasteiger partial charge on any atom is -0.278 e. The number of aromatic nitrogens is 2. The van der Waals surface area contributed by atoms with Gasteiger partial charge in [-0.05, 0) is 28.6 Å². The largest absolute Gasteiger partial charge is 0.278 e. The normalized spacial score (nSPS) is 10.1. The molecular weight excluding hydrogens is 410 g/mol. The average Bonchev–Trinajstić information content (AvgIpc) is 3.03. The number of thiophene rings is 1. The molecule has 7 heteroatoms. The van der Waals surface area contributed by atoms with E-state index in [4.69, 9.17) is 16.9 Å². The molecule has 3 rings (SSSR count). The van der Waals surface area contributed by atoms with Crippen molar-refractivity contribution in [3.63, 3.8) is 0 Å². The third kappa shape index (κ3) is 3.54. The summed E-state index contributed by atoms with van der Waals surface area (Å²) in [5.41, 5.74) is 2.68. The Bertz CT molecular complexity index is 959. The van der Waals surface area contributed by atoms with Crippen molar-refractivity contribution in [3.05, 3.63) is 62.0 Å². The molecule has 0 radical (unpaired) electrons. The van der Waals surface area contributed by atoms with Crippen molar-refractivity contribution in [1.82, 2.24) is 9.55 Å². The van der Waals surface area contributed by atoms with Gasteiger partial charge in [-0.3, -0.25) is 9.36 Å². The molecule has 0 saturated carbocycles. The van der Waals surface area contributed by atoms with E-state index in [0.29, 0.717) is 21.1 Å². The highest BCUT2D eigenvalue weighted by Gasteiger charge is 2.15. The Morgan fingerprint density at radius 3 is 2.71 bits per heavy atom. The quantitative estimate of drug-likeness (QED) is 0.441. The lowest BCUT2D eigenvalue weighted by atomic mass is 10.1. The van der Waals surface area contributed by atoms with E-state index in [1.54, 1.807) is 12.1 Å². The predicted octanol–water partition coefficient (Wildman–Crippen LogP) is 4.95. The number of rotatable bonds is 3. The molecule has 0 unspecified atom stereocenters. The Morgan fingerprint density at radius 1 is 1.33 bits per heavy atom. The van der Waals surface area contributed by atoms with Crippen LogP contribution in [0, 0.1) is 11.3 Å². The summed E-state index contributed by atoms with van der Waals surface area (Å²) in [4.78, 5) is 17.0. The summed E-state index contributed by atoms with van der Waals surface area (Å²) < 4.78 is 1.97. The van der Waals surface area contributed by atoms with Crippen LogP contribution in [0.1, 0.15) is 30.5 Å². The molecule has 24 heavy (non-hydrogen) atoms. The van der Waals surface area contributed by atoms with Gasteiger partial charge in [0.1, 0.15) is 4.70 Å². The molecule has 0 amide bonds. The van der Waals surface area contributed by atoms with E-state index in [0.717, 1.165) is 11.1 Å². The first-order valence-electron chi connectivity index (χ1n) is 7.36. The highest BCUT2D eigenvalue weighted by molar-refractivity contribution is 9.08. The minimum atomic E-state index is -0.181. The molecule has 3 aromatic rings. The Hall–Kier alpha value is -1.68. The maximum Gasteiger partial charge on any atom is 0.272 e. The summed E-state index contributed by atoms with van der Waals surface area (Å²) >= 11 is 10.9. The minimum absolute atomic E-state index is 0.130. The molecule has 0 spiro atoms. The molecule has 0 aliphatic heterocycles. The number of nitriles is 1. The molecule has 0 aliphatic rings. The van der Waals surface area contributed by atoms with Crippen molar-refractivity contribution >= 4 is 49.1 Å². The Balaban J connectivity index is 0.00000100. The number of hydrogen-bond acceptors (Lipinski definition) is 4. The maximum absolute atomic E-state index is 12.6. The van der Waals surface area contributed by atoms with E-state index in [-0.39, 0.29) is 17.4 Å². The molecule has 0 bridgehead atoms. The van der Waals surface area contributed by atoms with Gasteiger partial charge in [0.15, 0.2) is 0 Å². The topological polar surface area (TPSA) is 58.7 Å². The summed E-state index contributed by atoms with van der Waals surface area (Å²) in [5, 5.41) is 11.8. The van der Waals surface area contributed by atoms with Crippen molar-refractivity contribution < 1.29 is 0 Å². The number of hydrogen-bond donors (Lipinski definition) is 0. The molecule has 0 saturated heterocycles. The third-order valence-electron chi connectivity index (χ3n) is 3.31. The molecule has 1 aromatic carbocycles. The van der Waals surface area contributed by atoms with Crippen LogP contribution >= 0.6 is 38.9 Å². The SMILES string of the molecule is CC.N#Cc1ccccc1Cn1c(Cl)nc2c(CBr)csc2c1=O. The first-order valence-corrected chi connectivity index (χ1v) is 9.74. The zero-order chi connectivity index (χ0) is 17.7. The third-order valence-corrected chi connectivity index (χ3v) is 5.21. The Morgan fingerprint density at radius 2 is 2.04 bits per heavy atom. The highest BCUT2D eigenvalue weighted by atomic mass is 79.9. The number of fused-ring (bicyclic) bond motifs is 1. The average molecular weight is 425 g/mol. The van der Waals surface area contributed by atoms with E-state index < -0.39 is 0 Å². The second-order valence-corrected chi connectivity index (χ2v) is 6.39. The molecule has 2 heterocycles. The Kier molecular flexibility index (Phi) is 6.55. The van der Waals surface area contributed by atoms with Gasteiger partial charge in [0.05, 0.1) is 23.7 Å². The summed E-state index contributed by atoms with van der Waals surface area (Å²) in [6, 6.07) is 9.26. The second kappa shape index (κ2) is 8.43. The first-order chi connectivity index (χ1) is 11.7. The predicted molar refractivity (Wildman–Crippen MR) is 103 cm³/mol. The smallest absolute Gasteiger partial charge is 0.272 e. The van der Waals surface area contributed by atoms with Crippen LogP contribution in [-0.4, -0.2) is 9.55 Å². The van der Waals surface area contributed by atoms with Gasteiger partial charge in [-0.25, -0.2) is 4.98 Å².